The average Bonchev–Trinajstić information content (AvgIpc) is 3.12. The molecule has 23 heavy (non-hydrogen) atoms. The second kappa shape index (κ2) is 7.75. The van der Waals surface area contributed by atoms with Gasteiger partial charge in [0.1, 0.15) is 0 Å². The lowest BCUT2D eigenvalue weighted by molar-refractivity contribution is -0.127. The van der Waals surface area contributed by atoms with Crippen molar-refractivity contribution >= 4 is 17.2 Å². The molecule has 2 saturated heterocycles. The smallest absolute Gasteiger partial charge is 0.222 e. The van der Waals surface area contributed by atoms with Crippen molar-refractivity contribution in [3.63, 3.8) is 0 Å². The molecular formula is C18H29N3OS. The Kier molecular flexibility index (Phi) is 5.70. The van der Waals surface area contributed by atoms with Gasteiger partial charge in [-0.2, -0.15) is 0 Å². The van der Waals surface area contributed by atoms with Gasteiger partial charge in [0.05, 0.1) is 10.7 Å². The number of hydrogen-bond donors (Lipinski definition) is 0. The van der Waals surface area contributed by atoms with Gasteiger partial charge in [0.25, 0.3) is 0 Å². The lowest BCUT2D eigenvalue weighted by atomic mass is 9.99. The quantitative estimate of drug-likeness (QED) is 0.799. The summed E-state index contributed by atoms with van der Waals surface area (Å²) in [4.78, 5) is 22.7. The zero-order chi connectivity index (χ0) is 16.2. The zero-order valence-electron chi connectivity index (χ0n) is 14.5. The molecule has 0 radical (unpaired) electrons. The number of rotatable bonds is 6. The van der Waals surface area contributed by atoms with Crippen LogP contribution in [-0.2, 0) is 17.8 Å². The molecule has 0 bridgehead atoms. The Bertz CT molecular complexity index is 542. The topological polar surface area (TPSA) is 36.4 Å². The largest absolute Gasteiger partial charge is 0.343 e. The minimum Gasteiger partial charge on any atom is -0.343 e. The Balaban J connectivity index is 1.60. The molecule has 0 N–H and O–H groups in total. The van der Waals surface area contributed by atoms with Crippen molar-refractivity contribution < 1.29 is 4.79 Å². The normalized spacial score (nSPS) is 23.0. The van der Waals surface area contributed by atoms with Crippen molar-refractivity contribution in [3.8, 4) is 0 Å². The lowest BCUT2D eigenvalue weighted by Crippen LogP contribution is -2.41. The van der Waals surface area contributed by atoms with E-state index >= 15 is 0 Å². The first-order chi connectivity index (χ1) is 11.2. The summed E-state index contributed by atoms with van der Waals surface area (Å²) in [6, 6.07) is 0.629. The summed E-state index contributed by atoms with van der Waals surface area (Å²) in [5.74, 6) is 0.360. The van der Waals surface area contributed by atoms with Crippen LogP contribution in [0.1, 0.15) is 61.0 Å². The van der Waals surface area contributed by atoms with Crippen molar-refractivity contribution in [2.24, 2.45) is 0 Å². The van der Waals surface area contributed by atoms with Crippen molar-refractivity contribution in [2.45, 2.75) is 71.4 Å². The third-order valence-electron chi connectivity index (χ3n) is 5.22. The summed E-state index contributed by atoms with van der Waals surface area (Å²) in [6.07, 6.45) is 7.88. The molecule has 1 atom stereocenters. The summed E-state index contributed by atoms with van der Waals surface area (Å²) in [5, 5.41) is 1.19. The number of hydrogen-bond acceptors (Lipinski definition) is 4. The SMILES string of the molecule is CCc1nc(C)sc1CN1CCCCC1CCN1CCCC1=O. The summed E-state index contributed by atoms with van der Waals surface area (Å²) in [7, 11) is 0. The minimum atomic E-state index is 0.360. The molecule has 0 aliphatic carbocycles. The zero-order valence-corrected chi connectivity index (χ0v) is 15.3. The second-order valence-corrected chi connectivity index (χ2v) is 8.14. The van der Waals surface area contributed by atoms with Gasteiger partial charge in [-0.05, 0) is 45.6 Å². The highest BCUT2D eigenvalue weighted by molar-refractivity contribution is 7.11. The molecule has 5 heteroatoms. The fraction of sp³-hybridized carbons (Fsp3) is 0.778. The maximum Gasteiger partial charge on any atom is 0.222 e. The van der Waals surface area contributed by atoms with Crippen LogP contribution in [0.15, 0.2) is 0 Å². The molecule has 3 rings (SSSR count). The predicted molar refractivity (Wildman–Crippen MR) is 94.7 cm³/mol. The van der Waals surface area contributed by atoms with E-state index in [1.807, 2.05) is 11.3 Å². The number of aromatic nitrogens is 1. The Morgan fingerprint density at radius 1 is 1.26 bits per heavy atom. The van der Waals surface area contributed by atoms with Crippen LogP contribution in [0.3, 0.4) is 0 Å². The van der Waals surface area contributed by atoms with Crippen LogP contribution in [0.4, 0.5) is 0 Å². The Morgan fingerprint density at radius 2 is 2.13 bits per heavy atom. The van der Waals surface area contributed by atoms with E-state index in [0.717, 1.165) is 45.3 Å². The molecule has 0 aromatic carbocycles. The Labute approximate surface area is 143 Å². The predicted octanol–water partition coefficient (Wildman–Crippen LogP) is 3.38. The van der Waals surface area contributed by atoms with Crippen molar-refractivity contribution in [1.82, 2.24) is 14.8 Å². The molecule has 3 heterocycles. The molecular weight excluding hydrogens is 306 g/mol. The monoisotopic (exact) mass is 335 g/mol. The molecule has 0 spiro atoms. The number of carbonyl (C=O) groups excluding carboxylic acids is 1. The summed E-state index contributed by atoms with van der Waals surface area (Å²) < 4.78 is 0. The summed E-state index contributed by atoms with van der Waals surface area (Å²) >= 11 is 1.86. The van der Waals surface area contributed by atoms with Gasteiger partial charge in [-0.25, -0.2) is 4.98 Å². The van der Waals surface area contributed by atoms with Gasteiger partial charge >= 0.3 is 0 Å². The van der Waals surface area contributed by atoms with Crippen molar-refractivity contribution in [1.29, 1.82) is 0 Å². The number of piperidine rings is 1. The highest BCUT2D eigenvalue weighted by Gasteiger charge is 2.26. The van der Waals surface area contributed by atoms with Crippen molar-refractivity contribution in [3.05, 3.63) is 15.6 Å². The first kappa shape index (κ1) is 16.9. The Hall–Kier alpha value is -0.940. The molecule has 1 aromatic heterocycles. The van der Waals surface area contributed by atoms with E-state index < -0.39 is 0 Å². The van der Waals surface area contributed by atoms with E-state index in [0.29, 0.717) is 11.9 Å². The molecule has 1 amide bonds. The molecule has 4 nitrogen and oxygen atoms in total. The third-order valence-corrected chi connectivity index (χ3v) is 6.22. The van der Waals surface area contributed by atoms with Gasteiger partial charge in [0.15, 0.2) is 0 Å². The van der Waals surface area contributed by atoms with Gasteiger partial charge in [-0.1, -0.05) is 13.3 Å². The van der Waals surface area contributed by atoms with Gasteiger partial charge in [-0.3, -0.25) is 9.69 Å². The molecule has 1 unspecified atom stereocenters. The number of aryl methyl sites for hydroxylation is 2. The van der Waals surface area contributed by atoms with E-state index in [2.05, 4.69) is 28.6 Å². The maximum atomic E-state index is 11.8. The van der Waals surface area contributed by atoms with Crippen LogP contribution in [0, 0.1) is 6.92 Å². The third kappa shape index (κ3) is 4.13. The Morgan fingerprint density at radius 3 is 2.87 bits per heavy atom. The number of likely N-dealkylation sites (tertiary alicyclic amines) is 2. The fourth-order valence-electron chi connectivity index (χ4n) is 3.94. The van der Waals surface area contributed by atoms with E-state index in [9.17, 15) is 4.79 Å². The van der Waals surface area contributed by atoms with Crippen LogP contribution in [-0.4, -0.2) is 46.4 Å². The lowest BCUT2D eigenvalue weighted by Gasteiger charge is -2.36. The molecule has 128 valence electrons. The van der Waals surface area contributed by atoms with E-state index in [-0.39, 0.29) is 0 Å². The molecule has 2 fully saturated rings. The standard InChI is InChI=1S/C18H29N3OS/c1-3-16-17(23-14(2)19-16)13-21-10-5-4-7-15(21)9-12-20-11-6-8-18(20)22/h15H,3-13H2,1-2H3. The minimum absolute atomic E-state index is 0.360. The molecule has 0 saturated carbocycles. The number of amides is 1. The number of carbonyl (C=O) groups is 1. The molecule has 2 aliphatic rings. The average molecular weight is 336 g/mol. The second-order valence-electron chi connectivity index (χ2n) is 6.85. The molecule has 2 aliphatic heterocycles. The fourth-order valence-corrected chi connectivity index (χ4v) is 4.99. The summed E-state index contributed by atoms with van der Waals surface area (Å²) in [6.45, 7) is 8.47. The van der Waals surface area contributed by atoms with Crippen LogP contribution < -0.4 is 0 Å². The van der Waals surface area contributed by atoms with Crippen molar-refractivity contribution in [2.75, 3.05) is 19.6 Å². The van der Waals surface area contributed by atoms with Gasteiger partial charge in [0.2, 0.25) is 5.91 Å². The van der Waals surface area contributed by atoms with E-state index in [1.54, 1.807) is 0 Å². The van der Waals surface area contributed by atoms with Crippen LogP contribution in [0.5, 0.6) is 0 Å². The van der Waals surface area contributed by atoms with Gasteiger partial charge in [-0.15, -0.1) is 11.3 Å². The first-order valence-electron chi connectivity index (χ1n) is 9.14. The van der Waals surface area contributed by atoms with Gasteiger partial charge in [0, 0.05) is 37.0 Å². The molecule has 1 aromatic rings. The van der Waals surface area contributed by atoms with Crippen LogP contribution in [0.25, 0.3) is 0 Å². The van der Waals surface area contributed by atoms with Crippen LogP contribution >= 0.6 is 11.3 Å². The van der Waals surface area contributed by atoms with E-state index in [4.69, 9.17) is 0 Å². The maximum absolute atomic E-state index is 11.8. The number of nitrogens with zero attached hydrogens (tertiary/aromatic N) is 3. The highest BCUT2D eigenvalue weighted by atomic mass is 32.1. The van der Waals surface area contributed by atoms with E-state index in [1.165, 1.54) is 41.4 Å². The number of thiazole rings is 1. The summed E-state index contributed by atoms with van der Waals surface area (Å²) in [5.41, 5.74) is 1.28. The first-order valence-corrected chi connectivity index (χ1v) is 9.96. The van der Waals surface area contributed by atoms with Gasteiger partial charge < -0.3 is 4.90 Å². The van der Waals surface area contributed by atoms with Crippen LogP contribution in [0.2, 0.25) is 0 Å². The highest BCUT2D eigenvalue weighted by Crippen LogP contribution is 2.27.